The third-order valence-corrected chi connectivity index (χ3v) is 3.49. The molecule has 7 heteroatoms. The van der Waals surface area contributed by atoms with E-state index in [1.165, 1.54) is 0 Å². The van der Waals surface area contributed by atoms with E-state index in [2.05, 4.69) is 29.7 Å². The summed E-state index contributed by atoms with van der Waals surface area (Å²) in [6, 6.07) is 0. The molecule has 2 aromatic rings. The molecule has 0 aliphatic carbocycles. The minimum atomic E-state index is -0.645. The molecule has 0 atom stereocenters. The number of anilines is 1. The highest BCUT2D eigenvalue weighted by molar-refractivity contribution is 5.82. The van der Waals surface area contributed by atoms with Gasteiger partial charge in [0, 0.05) is 32.7 Å². The minimum Gasteiger partial charge on any atom is -0.389 e. The molecule has 2 N–H and O–H groups in total. The zero-order valence-electron chi connectivity index (χ0n) is 11.9. The van der Waals surface area contributed by atoms with Gasteiger partial charge >= 0.3 is 0 Å². The predicted molar refractivity (Wildman–Crippen MR) is 76.6 cm³/mol. The standard InChI is InChI=1S/C13H20N6O/c1-13(2,20)7-18-3-5-19(6-4-18)12-10-11(15-8-14-10)16-9-17-12/h8-9,20H,3-7H2,1-2H3,(H,14,15,16,17). The Kier molecular flexibility index (Phi) is 3.31. The Balaban J connectivity index is 1.71. The van der Waals surface area contributed by atoms with Gasteiger partial charge in [-0.15, -0.1) is 0 Å². The lowest BCUT2D eigenvalue weighted by Gasteiger charge is -2.37. The quantitative estimate of drug-likeness (QED) is 0.836. The van der Waals surface area contributed by atoms with E-state index in [9.17, 15) is 5.11 Å². The molecule has 0 bridgehead atoms. The number of piperazine rings is 1. The topological polar surface area (TPSA) is 81.2 Å². The fourth-order valence-electron chi connectivity index (χ4n) is 2.66. The van der Waals surface area contributed by atoms with Crippen LogP contribution in [0.1, 0.15) is 13.8 Å². The van der Waals surface area contributed by atoms with Crippen LogP contribution >= 0.6 is 0 Å². The number of fused-ring (bicyclic) bond motifs is 1. The monoisotopic (exact) mass is 276 g/mol. The molecule has 0 spiro atoms. The van der Waals surface area contributed by atoms with E-state index in [4.69, 9.17) is 0 Å². The Bertz CT molecular complexity index is 582. The lowest BCUT2D eigenvalue weighted by atomic mass is 10.1. The van der Waals surface area contributed by atoms with Crippen molar-refractivity contribution in [3.05, 3.63) is 12.7 Å². The van der Waals surface area contributed by atoms with Crippen molar-refractivity contribution in [2.24, 2.45) is 0 Å². The number of nitrogens with one attached hydrogen (secondary N) is 1. The zero-order chi connectivity index (χ0) is 14.2. The third kappa shape index (κ3) is 2.73. The first-order valence-corrected chi connectivity index (χ1v) is 6.87. The molecule has 1 saturated heterocycles. The molecule has 0 amide bonds. The predicted octanol–water partition coefficient (Wildman–Crippen LogP) is 0.246. The van der Waals surface area contributed by atoms with Gasteiger partial charge in [0.15, 0.2) is 11.5 Å². The number of H-pyrrole nitrogens is 1. The van der Waals surface area contributed by atoms with Crippen molar-refractivity contribution in [1.29, 1.82) is 0 Å². The molecule has 1 aliphatic rings. The van der Waals surface area contributed by atoms with Crippen molar-refractivity contribution in [2.45, 2.75) is 19.4 Å². The molecule has 3 heterocycles. The average molecular weight is 276 g/mol. The minimum absolute atomic E-state index is 0.645. The summed E-state index contributed by atoms with van der Waals surface area (Å²) in [5.41, 5.74) is 0.950. The van der Waals surface area contributed by atoms with E-state index in [0.717, 1.165) is 37.5 Å². The summed E-state index contributed by atoms with van der Waals surface area (Å²) in [5, 5.41) is 9.88. The smallest absolute Gasteiger partial charge is 0.182 e. The van der Waals surface area contributed by atoms with E-state index in [0.29, 0.717) is 12.2 Å². The number of rotatable bonds is 3. The maximum atomic E-state index is 9.88. The number of aromatic amines is 1. The Hall–Kier alpha value is -1.73. The first-order chi connectivity index (χ1) is 9.53. The van der Waals surface area contributed by atoms with Gasteiger partial charge in [-0.25, -0.2) is 15.0 Å². The lowest BCUT2D eigenvalue weighted by Crippen LogP contribution is -2.50. The summed E-state index contributed by atoms with van der Waals surface area (Å²) in [6.45, 7) is 8.01. The van der Waals surface area contributed by atoms with E-state index < -0.39 is 5.60 Å². The molecule has 1 aliphatic heterocycles. The molecule has 0 aromatic carbocycles. The first kappa shape index (κ1) is 13.3. The highest BCUT2D eigenvalue weighted by Crippen LogP contribution is 2.21. The largest absolute Gasteiger partial charge is 0.389 e. The van der Waals surface area contributed by atoms with E-state index in [-0.39, 0.29) is 0 Å². The zero-order valence-corrected chi connectivity index (χ0v) is 11.9. The Morgan fingerprint density at radius 3 is 2.65 bits per heavy atom. The van der Waals surface area contributed by atoms with Gasteiger partial charge in [-0.05, 0) is 13.8 Å². The number of imidazole rings is 1. The Morgan fingerprint density at radius 1 is 1.20 bits per heavy atom. The maximum absolute atomic E-state index is 9.88. The number of nitrogens with zero attached hydrogens (tertiary/aromatic N) is 5. The van der Waals surface area contributed by atoms with Crippen LogP contribution in [-0.4, -0.2) is 68.3 Å². The van der Waals surface area contributed by atoms with Gasteiger partial charge in [0.1, 0.15) is 11.8 Å². The van der Waals surface area contributed by atoms with Crippen molar-refractivity contribution >= 4 is 17.0 Å². The molecule has 20 heavy (non-hydrogen) atoms. The molecular formula is C13H20N6O. The van der Waals surface area contributed by atoms with Crippen LogP contribution in [-0.2, 0) is 0 Å². The van der Waals surface area contributed by atoms with Gasteiger partial charge in [-0.3, -0.25) is 4.90 Å². The summed E-state index contributed by atoms with van der Waals surface area (Å²) in [7, 11) is 0. The fourth-order valence-corrected chi connectivity index (χ4v) is 2.66. The second kappa shape index (κ2) is 4.99. The highest BCUT2D eigenvalue weighted by atomic mass is 16.3. The van der Waals surface area contributed by atoms with Crippen LogP contribution in [0.2, 0.25) is 0 Å². The molecule has 2 aromatic heterocycles. The number of aromatic nitrogens is 4. The summed E-state index contributed by atoms with van der Waals surface area (Å²) in [6.07, 6.45) is 3.20. The first-order valence-electron chi connectivity index (χ1n) is 6.87. The molecule has 0 radical (unpaired) electrons. The Labute approximate surface area is 117 Å². The maximum Gasteiger partial charge on any atom is 0.182 e. The van der Waals surface area contributed by atoms with Crippen LogP contribution in [0, 0.1) is 0 Å². The van der Waals surface area contributed by atoms with E-state index >= 15 is 0 Å². The lowest BCUT2D eigenvalue weighted by molar-refractivity contribution is 0.0345. The molecule has 7 nitrogen and oxygen atoms in total. The summed E-state index contributed by atoms with van der Waals surface area (Å²) < 4.78 is 0. The summed E-state index contributed by atoms with van der Waals surface area (Å²) in [4.78, 5) is 20.3. The van der Waals surface area contributed by atoms with E-state index in [1.54, 1.807) is 12.7 Å². The van der Waals surface area contributed by atoms with Crippen LogP contribution in [0.5, 0.6) is 0 Å². The summed E-state index contributed by atoms with van der Waals surface area (Å²) in [5.74, 6) is 0.912. The van der Waals surface area contributed by atoms with Crippen LogP contribution in [0.4, 0.5) is 5.82 Å². The van der Waals surface area contributed by atoms with Crippen molar-refractivity contribution in [3.8, 4) is 0 Å². The molecule has 0 saturated carbocycles. The van der Waals surface area contributed by atoms with Gasteiger partial charge in [-0.2, -0.15) is 0 Å². The van der Waals surface area contributed by atoms with Gasteiger partial charge in [0.05, 0.1) is 11.9 Å². The van der Waals surface area contributed by atoms with Crippen LogP contribution in [0.25, 0.3) is 11.2 Å². The average Bonchev–Trinajstić information content (AvgIpc) is 2.86. The van der Waals surface area contributed by atoms with Crippen molar-refractivity contribution in [2.75, 3.05) is 37.6 Å². The van der Waals surface area contributed by atoms with Gasteiger partial charge < -0.3 is 15.0 Å². The van der Waals surface area contributed by atoms with Crippen molar-refractivity contribution in [1.82, 2.24) is 24.8 Å². The SMILES string of the molecule is CC(C)(O)CN1CCN(c2ncnc3nc[nH]c23)CC1. The number of hydrogen-bond acceptors (Lipinski definition) is 6. The second-order valence-electron chi connectivity index (χ2n) is 5.87. The van der Waals surface area contributed by atoms with Crippen molar-refractivity contribution < 1.29 is 5.11 Å². The molecule has 108 valence electrons. The van der Waals surface area contributed by atoms with Crippen LogP contribution in [0.3, 0.4) is 0 Å². The molecule has 0 unspecified atom stereocenters. The molecular weight excluding hydrogens is 256 g/mol. The number of aliphatic hydroxyl groups is 1. The molecule has 3 rings (SSSR count). The second-order valence-corrected chi connectivity index (χ2v) is 5.87. The van der Waals surface area contributed by atoms with Crippen LogP contribution < -0.4 is 4.90 Å². The number of hydrogen-bond donors (Lipinski definition) is 2. The normalized spacial score (nSPS) is 17.9. The van der Waals surface area contributed by atoms with Crippen LogP contribution in [0.15, 0.2) is 12.7 Å². The molecule has 1 fully saturated rings. The highest BCUT2D eigenvalue weighted by Gasteiger charge is 2.24. The third-order valence-electron chi connectivity index (χ3n) is 3.49. The Morgan fingerprint density at radius 2 is 1.95 bits per heavy atom. The van der Waals surface area contributed by atoms with E-state index in [1.807, 2.05) is 13.8 Å². The van der Waals surface area contributed by atoms with Gasteiger partial charge in [0.25, 0.3) is 0 Å². The fraction of sp³-hybridized carbons (Fsp3) is 0.615. The van der Waals surface area contributed by atoms with Gasteiger partial charge in [0.2, 0.25) is 0 Å². The summed E-state index contributed by atoms with van der Waals surface area (Å²) >= 11 is 0. The van der Waals surface area contributed by atoms with Gasteiger partial charge in [-0.1, -0.05) is 0 Å². The number of β-amino-alcohol motifs (C(OH)–C–C–N with tert-alkyl or cyclic N) is 1. The van der Waals surface area contributed by atoms with Crippen molar-refractivity contribution in [3.63, 3.8) is 0 Å².